The summed E-state index contributed by atoms with van der Waals surface area (Å²) in [6.07, 6.45) is 4.21. The molecule has 0 fully saturated rings. The predicted octanol–water partition coefficient (Wildman–Crippen LogP) is 4.07. The van der Waals surface area contributed by atoms with Crippen molar-refractivity contribution in [1.82, 2.24) is 19.9 Å². The fourth-order valence-electron chi connectivity index (χ4n) is 3.52. The molecule has 0 radical (unpaired) electrons. The fourth-order valence-corrected chi connectivity index (χ4v) is 4.50. The van der Waals surface area contributed by atoms with Gasteiger partial charge in [-0.15, -0.1) is 0 Å². The second-order valence-electron chi connectivity index (χ2n) is 8.52. The van der Waals surface area contributed by atoms with Gasteiger partial charge in [0.2, 0.25) is 10.0 Å². The monoisotopic (exact) mass is 531 g/mol. The van der Waals surface area contributed by atoms with E-state index in [9.17, 15) is 13.2 Å². The second kappa shape index (κ2) is 12.3. The molecule has 3 aromatic carbocycles. The zero-order valence-electron chi connectivity index (χ0n) is 21.2. The summed E-state index contributed by atoms with van der Waals surface area (Å²) in [7, 11) is -3.82. The number of rotatable bonds is 11. The van der Waals surface area contributed by atoms with Crippen LogP contribution in [0.3, 0.4) is 0 Å². The van der Waals surface area contributed by atoms with Crippen LogP contribution in [0.4, 0.5) is 0 Å². The average molecular weight is 532 g/mol. The van der Waals surface area contributed by atoms with Crippen LogP contribution in [0.25, 0.3) is 16.9 Å². The molecule has 10 heteroatoms. The van der Waals surface area contributed by atoms with Crippen LogP contribution in [0, 0.1) is 6.92 Å². The molecule has 0 atom stereocenters. The van der Waals surface area contributed by atoms with Crippen LogP contribution in [0.15, 0.2) is 95.1 Å². The van der Waals surface area contributed by atoms with Crippen LogP contribution >= 0.6 is 0 Å². The SMILES string of the molecule is CCCOc1ccc(-c2nn(-c3ccccc3)cc2/C=N/NC(=O)CNS(=O)(=O)c2ccc(C)cc2)cc1. The first-order valence-electron chi connectivity index (χ1n) is 12.1. The van der Waals surface area contributed by atoms with Crippen LogP contribution in [-0.2, 0) is 14.8 Å². The number of ether oxygens (including phenoxy) is 1. The molecule has 0 saturated heterocycles. The van der Waals surface area contributed by atoms with Gasteiger partial charge in [0.05, 0.1) is 29.9 Å². The number of nitrogens with zero attached hydrogens (tertiary/aromatic N) is 3. The molecule has 2 N–H and O–H groups in total. The van der Waals surface area contributed by atoms with Crippen molar-refractivity contribution >= 4 is 22.1 Å². The first-order chi connectivity index (χ1) is 18.4. The van der Waals surface area contributed by atoms with Crippen molar-refractivity contribution in [3.63, 3.8) is 0 Å². The number of aromatic nitrogens is 2. The minimum Gasteiger partial charge on any atom is -0.494 e. The van der Waals surface area contributed by atoms with Crippen molar-refractivity contribution in [2.45, 2.75) is 25.2 Å². The highest BCUT2D eigenvalue weighted by molar-refractivity contribution is 7.89. The molecule has 0 unspecified atom stereocenters. The number of aryl methyl sites for hydroxylation is 1. The molecule has 1 amide bonds. The molecule has 0 aliphatic heterocycles. The Morgan fingerprint density at radius 1 is 1.03 bits per heavy atom. The number of sulfonamides is 1. The van der Waals surface area contributed by atoms with E-state index < -0.39 is 22.5 Å². The van der Waals surface area contributed by atoms with E-state index in [0.717, 1.165) is 29.0 Å². The van der Waals surface area contributed by atoms with Crippen molar-refractivity contribution in [3.05, 3.63) is 96.2 Å². The first kappa shape index (κ1) is 26.8. The predicted molar refractivity (Wildman–Crippen MR) is 147 cm³/mol. The summed E-state index contributed by atoms with van der Waals surface area (Å²) in [6, 6.07) is 23.6. The van der Waals surface area contributed by atoms with Gasteiger partial charge in [0, 0.05) is 17.3 Å². The van der Waals surface area contributed by atoms with Gasteiger partial charge >= 0.3 is 0 Å². The van der Waals surface area contributed by atoms with Crippen molar-refractivity contribution in [3.8, 4) is 22.7 Å². The average Bonchev–Trinajstić information content (AvgIpc) is 3.36. The molecule has 1 heterocycles. The molecule has 4 rings (SSSR count). The summed E-state index contributed by atoms with van der Waals surface area (Å²) >= 11 is 0. The van der Waals surface area contributed by atoms with Crippen LogP contribution in [0.1, 0.15) is 24.5 Å². The van der Waals surface area contributed by atoms with E-state index >= 15 is 0 Å². The van der Waals surface area contributed by atoms with Crippen LogP contribution in [0.5, 0.6) is 5.75 Å². The van der Waals surface area contributed by atoms with Gasteiger partial charge in [0.15, 0.2) is 0 Å². The number of hydrazone groups is 1. The summed E-state index contributed by atoms with van der Waals surface area (Å²) in [5.41, 5.74) is 6.35. The number of carbonyl (C=O) groups is 1. The summed E-state index contributed by atoms with van der Waals surface area (Å²) in [5, 5.41) is 8.77. The van der Waals surface area contributed by atoms with E-state index in [1.165, 1.54) is 18.3 Å². The Kier molecular flexibility index (Phi) is 8.67. The van der Waals surface area contributed by atoms with Crippen molar-refractivity contribution in [2.24, 2.45) is 5.10 Å². The lowest BCUT2D eigenvalue weighted by molar-refractivity contribution is -0.119. The standard InChI is InChI=1S/C28H29N5O4S/c1-3-17-37-25-13-11-22(12-14-25)28-23(20-33(32-28)24-7-5-4-6-8-24)18-29-31-27(34)19-30-38(35,36)26-15-9-21(2)10-16-26/h4-16,18,20,30H,3,17,19H2,1-2H3,(H,31,34)/b29-18+. The Morgan fingerprint density at radius 3 is 2.42 bits per heavy atom. The fraction of sp³-hybridized carbons (Fsp3) is 0.179. The molecule has 0 saturated carbocycles. The van der Waals surface area contributed by atoms with Gasteiger partial charge in [-0.3, -0.25) is 4.79 Å². The molecule has 4 aromatic rings. The number of carbonyl (C=O) groups excluding carboxylic acids is 1. The van der Waals surface area contributed by atoms with E-state index in [-0.39, 0.29) is 4.90 Å². The van der Waals surface area contributed by atoms with Gasteiger partial charge in [-0.05, 0) is 61.9 Å². The minimum absolute atomic E-state index is 0.0866. The molecule has 0 bridgehead atoms. The zero-order chi connectivity index (χ0) is 27.0. The Labute approximate surface area is 222 Å². The van der Waals surface area contributed by atoms with E-state index in [1.54, 1.807) is 16.8 Å². The number of para-hydroxylation sites is 1. The quantitative estimate of drug-likeness (QED) is 0.224. The van der Waals surface area contributed by atoms with Crippen molar-refractivity contribution in [1.29, 1.82) is 0 Å². The molecule has 0 aliphatic carbocycles. The van der Waals surface area contributed by atoms with Crippen LogP contribution in [0.2, 0.25) is 0 Å². The molecule has 9 nitrogen and oxygen atoms in total. The minimum atomic E-state index is -3.82. The maximum atomic E-state index is 12.4. The highest BCUT2D eigenvalue weighted by atomic mass is 32.2. The smallest absolute Gasteiger partial charge is 0.255 e. The topological polar surface area (TPSA) is 115 Å². The van der Waals surface area contributed by atoms with Gasteiger partial charge in [-0.2, -0.15) is 10.2 Å². The molecule has 1 aromatic heterocycles. The molecule has 0 spiro atoms. The number of hydrogen-bond donors (Lipinski definition) is 2. The number of amides is 1. The second-order valence-corrected chi connectivity index (χ2v) is 10.3. The number of hydrogen-bond acceptors (Lipinski definition) is 6. The normalized spacial score (nSPS) is 11.5. The maximum absolute atomic E-state index is 12.4. The maximum Gasteiger partial charge on any atom is 0.255 e. The van der Waals surface area contributed by atoms with Gasteiger partial charge in [-0.25, -0.2) is 23.2 Å². The van der Waals surface area contributed by atoms with Crippen LogP contribution < -0.4 is 14.9 Å². The van der Waals surface area contributed by atoms with Gasteiger partial charge < -0.3 is 4.74 Å². The third-order valence-electron chi connectivity index (χ3n) is 5.51. The molecule has 196 valence electrons. The lowest BCUT2D eigenvalue weighted by Gasteiger charge is -2.06. The van der Waals surface area contributed by atoms with E-state index in [0.29, 0.717) is 17.9 Å². The summed E-state index contributed by atoms with van der Waals surface area (Å²) in [5.74, 6) is 0.167. The highest BCUT2D eigenvalue weighted by Crippen LogP contribution is 2.25. The van der Waals surface area contributed by atoms with E-state index in [2.05, 4.69) is 15.2 Å². The van der Waals surface area contributed by atoms with Gasteiger partial charge in [0.1, 0.15) is 11.4 Å². The Bertz CT molecular complexity index is 1500. The lowest BCUT2D eigenvalue weighted by atomic mass is 10.1. The Hall–Kier alpha value is -4.28. The van der Waals surface area contributed by atoms with Crippen LogP contribution in [-0.4, -0.2) is 43.5 Å². The third-order valence-corrected chi connectivity index (χ3v) is 6.93. The molecule has 38 heavy (non-hydrogen) atoms. The molecular formula is C28H29N5O4S. The summed E-state index contributed by atoms with van der Waals surface area (Å²) < 4.78 is 34.5. The van der Waals surface area contributed by atoms with Crippen molar-refractivity contribution in [2.75, 3.05) is 13.2 Å². The Morgan fingerprint density at radius 2 is 1.74 bits per heavy atom. The molecule has 0 aliphatic rings. The van der Waals surface area contributed by atoms with E-state index in [1.807, 2.05) is 74.6 Å². The summed E-state index contributed by atoms with van der Waals surface area (Å²) in [4.78, 5) is 12.4. The first-order valence-corrected chi connectivity index (χ1v) is 13.6. The lowest BCUT2D eigenvalue weighted by Crippen LogP contribution is -2.34. The van der Waals surface area contributed by atoms with Gasteiger partial charge in [0.25, 0.3) is 5.91 Å². The number of nitrogens with one attached hydrogen (secondary N) is 2. The largest absolute Gasteiger partial charge is 0.494 e. The Balaban J connectivity index is 1.48. The third kappa shape index (κ3) is 6.93. The van der Waals surface area contributed by atoms with Crippen molar-refractivity contribution < 1.29 is 17.9 Å². The highest BCUT2D eigenvalue weighted by Gasteiger charge is 2.15. The zero-order valence-corrected chi connectivity index (χ0v) is 22.0. The number of benzene rings is 3. The van der Waals surface area contributed by atoms with E-state index in [4.69, 9.17) is 9.84 Å². The molecular weight excluding hydrogens is 502 g/mol. The van der Waals surface area contributed by atoms with Gasteiger partial charge in [-0.1, -0.05) is 42.8 Å². The summed E-state index contributed by atoms with van der Waals surface area (Å²) in [6.45, 7) is 4.10.